The minimum Gasteiger partial charge on any atom is -0.492 e. The Morgan fingerprint density at radius 1 is 1.29 bits per heavy atom. The number of nitrogens with one attached hydrogen (secondary N) is 1. The fraction of sp³-hybridized carbons (Fsp3) is 0.538. The summed E-state index contributed by atoms with van der Waals surface area (Å²) < 4.78 is 18.8. The maximum atomic E-state index is 13.3. The van der Waals surface area contributed by atoms with Crippen molar-refractivity contribution in [1.29, 1.82) is 0 Å². The Bertz CT molecular complexity index is 342. The summed E-state index contributed by atoms with van der Waals surface area (Å²) in [5, 5.41) is 3.16. The highest BCUT2D eigenvalue weighted by molar-refractivity contribution is 5.29. The van der Waals surface area contributed by atoms with E-state index >= 15 is 0 Å². The van der Waals surface area contributed by atoms with Gasteiger partial charge in [0.15, 0.2) is 0 Å². The van der Waals surface area contributed by atoms with Crippen LogP contribution in [-0.2, 0) is 6.54 Å². The van der Waals surface area contributed by atoms with Crippen molar-refractivity contribution < 1.29 is 9.13 Å². The van der Waals surface area contributed by atoms with E-state index < -0.39 is 0 Å². The van der Waals surface area contributed by atoms with Crippen LogP contribution in [0, 0.1) is 5.82 Å². The van der Waals surface area contributed by atoms with E-state index in [2.05, 4.69) is 5.32 Å². The number of hydrogen-bond donors (Lipinski definition) is 1. The summed E-state index contributed by atoms with van der Waals surface area (Å²) in [6, 6.07) is 4.83. The molecule has 0 aromatic heterocycles. The summed E-state index contributed by atoms with van der Waals surface area (Å²) in [6.45, 7) is 4.94. The summed E-state index contributed by atoms with van der Waals surface area (Å²) >= 11 is 0. The molecule has 4 heteroatoms. The SMILES string of the molecule is CCNCc1cc(F)cc(OCCN(C)C)c1. The van der Waals surface area contributed by atoms with Crippen LogP contribution in [-0.4, -0.2) is 38.7 Å². The highest BCUT2D eigenvalue weighted by Crippen LogP contribution is 2.16. The minimum atomic E-state index is -0.250. The number of ether oxygens (including phenoxy) is 1. The van der Waals surface area contributed by atoms with Crippen LogP contribution in [0.15, 0.2) is 18.2 Å². The van der Waals surface area contributed by atoms with Crippen molar-refractivity contribution in [2.75, 3.05) is 33.8 Å². The molecule has 1 rings (SSSR count). The molecule has 17 heavy (non-hydrogen) atoms. The van der Waals surface area contributed by atoms with E-state index in [4.69, 9.17) is 4.74 Å². The van der Waals surface area contributed by atoms with E-state index in [1.54, 1.807) is 0 Å². The fourth-order valence-corrected chi connectivity index (χ4v) is 1.42. The molecule has 0 heterocycles. The van der Waals surface area contributed by atoms with Crippen molar-refractivity contribution in [1.82, 2.24) is 10.2 Å². The Labute approximate surface area is 103 Å². The molecule has 0 saturated heterocycles. The number of nitrogens with zero attached hydrogens (tertiary/aromatic N) is 1. The lowest BCUT2D eigenvalue weighted by Gasteiger charge is -2.12. The van der Waals surface area contributed by atoms with Crippen LogP contribution in [0.3, 0.4) is 0 Å². The summed E-state index contributed by atoms with van der Waals surface area (Å²) in [5.41, 5.74) is 0.909. The molecule has 0 amide bonds. The van der Waals surface area contributed by atoms with Gasteiger partial charge in [0, 0.05) is 19.2 Å². The van der Waals surface area contributed by atoms with Crippen LogP contribution in [0.1, 0.15) is 12.5 Å². The Morgan fingerprint density at radius 2 is 2.06 bits per heavy atom. The smallest absolute Gasteiger partial charge is 0.127 e. The third-order valence-corrected chi connectivity index (χ3v) is 2.32. The van der Waals surface area contributed by atoms with Crippen LogP contribution >= 0.6 is 0 Å². The largest absolute Gasteiger partial charge is 0.492 e. The van der Waals surface area contributed by atoms with Gasteiger partial charge in [-0.1, -0.05) is 6.92 Å². The van der Waals surface area contributed by atoms with Gasteiger partial charge in [0.25, 0.3) is 0 Å². The quantitative estimate of drug-likeness (QED) is 0.787. The van der Waals surface area contributed by atoms with Crippen LogP contribution in [0.2, 0.25) is 0 Å². The Hall–Kier alpha value is -1.13. The van der Waals surface area contributed by atoms with Crippen LogP contribution in [0.5, 0.6) is 5.75 Å². The number of hydrogen-bond acceptors (Lipinski definition) is 3. The summed E-state index contributed by atoms with van der Waals surface area (Å²) in [6.07, 6.45) is 0. The molecule has 0 radical (unpaired) electrons. The van der Waals surface area contributed by atoms with Gasteiger partial charge in [-0.3, -0.25) is 0 Å². The van der Waals surface area contributed by atoms with Gasteiger partial charge in [-0.05, 0) is 38.3 Å². The first-order valence-corrected chi connectivity index (χ1v) is 5.89. The van der Waals surface area contributed by atoms with E-state index in [-0.39, 0.29) is 5.82 Å². The average molecular weight is 240 g/mol. The van der Waals surface area contributed by atoms with Crippen LogP contribution in [0.25, 0.3) is 0 Å². The van der Waals surface area contributed by atoms with E-state index in [0.717, 1.165) is 18.7 Å². The lowest BCUT2D eigenvalue weighted by molar-refractivity contribution is 0.260. The molecule has 1 aromatic rings. The van der Waals surface area contributed by atoms with Crippen molar-refractivity contribution in [2.45, 2.75) is 13.5 Å². The Kier molecular flexibility index (Phi) is 5.94. The van der Waals surface area contributed by atoms with Crippen LogP contribution in [0.4, 0.5) is 4.39 Å². The van der Waals surface area contributed by atoms with Crippen molar-refractivity contribution >= 4 is 0 Å². The lowest BCUT2D eigenvalue weighted by atomic mass is 10.2. The second kappa shape index (κ2) is 7.25. The molecule has 0 saturated carbocycles. The number of benzene rings is 1. The van der Waals surface area contributed by atoms with E-state index in [1.807, 2.05) is 32.0 Å². The molecule has 0 unspecified atom stereocenters. The first-order chi connectivity index (χ1) is 8.11. The molecule has 0 aliphatic carbocycles. The monoisotopic (exact) mass is 240 g/mol. The number of likely N-dealkylation sites (N-methyl/N-ethyl adjacent to an activating group) is 1. The highest BCUT2D eigenvalue weighted by Gasteiger charge is 2.02. The topological polar surface area (TPSA) is 24.5 Å². The first-order valence-electron chi connectivity index (χ1n) is 5.89. The molecule has 0 aliphatic rings. The van der Waals surface area contributed by atoms with E-state index in [0.29, 0.717) is 18.9 Å². The van der Waals surface area contributed by atoms with Gasteiger partial charge < -0.3 is 15.0 Å². The first kappa shape index (κ1) is 13.9. The van der Waals surface area contributed by atoms with Gasteiger partial charge in [0.05, 0.1) is 0 Å². The summed E-state index contributed by atoms with van der Waals surface area (Å²) in [5.74, 6) is 0.347. The van der Waals surface area contributed by atoms with Gasteiger partial charge >= 0.3 is 0 Å². The Morgan fingerprint density at radius 3 is 2.71 bits per heavy atom. The molecule has 0 aliphatic heterocycles. The highest BCUT2D eigenvalue weighted by atomic mass is 19.1. The van der Waals surface area contributed by atoms with Gasteiger partial charge in [0.2, 0.25) is 0 Å². The normalized spacial score (nSPS) is 10.9. The van der Waals surface area contributed by atoms with Crippen molar-refractivity contribution in [3.63, 3.8) is 0 Å². The Balaban J connectivity index is 2.55. The lowest BCUT2D eigenvalue weighted by Crippen LogP contribution is -2.19. The zero-order chi connectivity index (χ0) is 12.7. The van der Waals surface area contributed by atoms with Crippen molar-refractivity contribution in [3.05, 3.63) is 29.6 Å². The molecular formula is C13H21FN2O. The molecule has 0 spiro atoms. The minimum absolute atomic E-state index is 0.250. The zero-order valence-corrected chi connectivity index (χ0v) is 10.8. The third-order valence-electron chi connectivity index (χ3n) is 2.32. The van der Waals surface area contributed by atoms with E-state index in [1.165, 1.54) is 12.1 Å². The third kappa shape index (κ3) is 5.65. The molecule has 1 N–H and O–H groups in total. The standard InChI is InChI=1S/C13H21FN2O/c1-4-15-10-11-7-12(14)9-13(8-11)17-6-5-16(2)3/h7-9,15H,4-6,10H2,1-3H3. The molecule has 96 valence electrons. The molecule has 0 atom stereocenters. The second-order valence-electron chi connectivity index (χ2n) is 4.23. The summed E-state index contributed by atoms with van der Waals surface area (Å²) in [7, 11) is 3.96. The molecule has 1 aromatic carbocycles. The predicted octanol–water partition coefficient (Wildman–Crippen LogP) is 1.88. The van der Waals surface area contributed by atoms with Gasteiger partial charge in [-0.25, -0.2) is 4.39 Å². The van der Waals surface area contributed by atoms with Crippen LogP contribution < -0.4 is 10.1 Å². The van der Waals surface area contributed by atoms with Gasteiger partial charge in [0.1, 0.15) is 18.2 Å². The van der Waals surface area contributed by atoms with Crippen molar-refractivity contribution in [2.24, 2.45) is 0 Å². The fourth-order valence-electron chi connectivity index (χ4n) is 1.42. The van der Waals surface area contributed by atoms with Gasteiger partial charge in [-0.15, -0.1) is 0 Å². The maximum absolute atomic E-state index is 13.3. The number of halogens is 1. The maximum Gasteiger partial charge on any atom is 0.127 e. The number of rotatable bonds is 7. The molecule has 3 nitrogen and oxygen atoms in total. The van der Waals surface area contributed by atoms with Crippen molar-refractivity contribution in [3.8, 4) is 5.75 Å². The van der Waals surface area contributed by atoms with E-state index in [9.17, 15) is 4.39 Å². The summed E-state index contributed by atoms with van der Waals surface area (Å²) in [4.78, 5) is 2.03. The molecule has 0 fully saturated rings. The zero-order valence-electron chi connectivity index (χ0n) is 10.8. The average Bonchev–Trinajstić information content (AvgIpc) is 2.25. The molecular weight excluding hydrogens is 219 g/mol. The predicted molar refractivity (Wildman–Crippen MR) is 67.8 cm³/mol. The van der Waals surface area contributed by atoms with Gasteiger partial charge in [-0.2, -0.15) is 0 Å². The second-order valence-corrected chi connectivity index (χ2v) is 4.23. The molecule has 0 bridgehead atoms.